The van der Waals surface area contributed by atoms with Crippen molar-refractivity contribution in [2.75, 3.05) is 18.4 Å². The molecule has 2 fully saturated rings. The number of carbonyl (C=O) groups is 2. The van der Waals surface area contributed by atoms with Crippen LogP contribution in [0.15, 0.2) is 60.8 Å². The van der Waals surface area contributed by atoms with Crippen molar-refractivity contribution in [3.8, 4) is 11.3 Å². The summed E-state index contributed by atoms with van der Waals surface area (Å²) in [7, 11) is 0. The Labute approximate surface area is 307 Å². The summed E-state index contributed by atoms with van der Waals surface area (Å²) in [5.74, 6) is -4.28. The first-order valence-electron chi connectivity index (χ1n) is 17.7. The van der Waals surface area contributed by atoms with Gasteiger partial charge in [0.05, 0.1) is 34.9 Å². The summed E-state index contributed by atoms with van der Waals surface area (Å²) >= 11 is 0. The molecular formula is C40H36F6N6O2. The van der Waals surface area contributed by atoms with Crippen molar-refractivity contribution < 1.29 is 35.9 Å². The number of imide groups is 1. The Balaban J connectivity index is 1.06. The second-order valence-electron chi connectivity index (χ2n) is 13.9. The molecule has 54 heavy (non-hydrogen) atoms. The van der Waals surface area contributed by atoms with E-state index in [-0.39, 0.29) is 36.1 Å². The van der Waals surface area contributed by atoms with Crippen molar-refractivity contribution in [1.29, 1.82) is 0 Å². The second kappa shape index (κ2) is 15.2. The number of fused-ring (bicyclic) bond motifs is 1. The molecule has 0 aliphatic carbocycles. The molecule has 2 aliphatic rings. The molecule has 2 aromatic heterocycles. The number of likely N-dealkylation sites (tertiary alicyclic amines) is 1. The van der Waals surface area contributed by atoms with E-state index in [2.05, 4.69) is 25.6 Å². The molecule has 2 saturated heterocycles. The number of nitrogens with zero attached hydrogens (tertiary/aromatic N) is 4. The number of amides is 2. The lowest BCUT2D eigenvalue weighted by Gasteiger charge is -2.33. The van der Waals surface area contributed by atoms with Crippen LogP contribution in [0.1, 0.15) is 90.6 Å². The smallest absolute Gasteiger partial charge is 0.266 e. The number of piperidine rings is 2. The van der Waals surface area contributed by atoms with E-state index in [9.17, 15) is 22.8 Å². The average molecular weight is 747 g/mol. The third kappa shape index (κ3) is 7.52. The lowest BCUT2D eigenvalue weighted by atomic mass is 9.85. The van der Waals surface area contributed by atoms with E-state index in [1.807, 2.05) is 4.90 Å². The largest absolute Gasteiger partial charge is 0.363 e. The molecule has 4 heterocycles. The molecule has 0 radical (unpaired) electrons. The Kier molecular flexibility index (Phi) is 10.4. The fourth-order valence-electron chi connectivity index (χ4n) is 7.45. The van der Waals surface area contributed by atoms with Gasteiger partial charge in [-0.2, -0.15) is 0 Å². The van der Waals surface area contributed by atoms with E-state index < -0.39 is 64.9 Å². The first-order valence-corrected chi connectivity index (χ1v) is 17.7. The molecule has 280 valence electrons. The molecule has 14 heteroatoms. The van der Waals surface area contributed by atoms with E-state index in [4.69, 9.17) is 0 Å². The molecule has 8 nitrogen and oxygen atoms in total. The standard InChI is InChI=1S/C40H36F6N6O2/c1-20(26-4-3-5-28(37(26)44)38(45)46)48-39-29-17-33(47-18-34(29)49-21(2)50-39)23-6-8-30(41)25(14-23)19-52-12-10-22(11-13-52)36-31(42)15-24(16-32(36)43)27-7-9-35(53)51-40(27)54/h3-6,8,14-18,20,22,27,38H,7,9-13,19H2,1-2H3,(H,48,49,50)(H,51,53,54). The Bertz CT molecular complexity index is 2240. The third-order valence-electron chi connectivity index (χ3n) is 10.3. The highest BCUT2D eigenvalue weighted by Gasteiger charge is 2.32. The van der Waals surface area contributed by atoms with Gasteiger partial charge in [0, 0.05) is 40.6 Å². The van der Waals surface area contributed by atoms with Crippen LogP contribution in [0.5, 0.6) is 0 Å². The lowest BCUT2D eigenvalue weighted by Crippen LogP contribution is -2.39. The maximum absolute atomic E-state index is 15.3. The molecule has 5 aromatic rings. The molecule has 2 atom stereocenters. The van der Waals surface area contributed by atoms with Crippen molar-refractivity contribution in [3.05, 3.63) is 118 Å². The van der Waals surface area contributed by atoms with Crippen LogP contribution in [0.4, 0.5) is 32.2 Å². The summed E-state index contributed by atoms with van der Waals surface area (Å²) in [4.78, 5) is 39.3. The predicted molar refractivity (Wildman–Crippen MR) is 190 cm³/mol. The minimum Gasteiger partial charge on any atom is -0.363 e. The number of halogens is 6. The number of rotatable bonds is 9. The van der Waals surface area contributed by atoms with Crippen LogP contribution in [-0.2, 0) is 16.1 Å². The molecule has 0 spiro atoms. The summed E-state index contributed by atoms with van der Waals surface area (Å²) in [5, 5.41) is 5.90. The van der Waals surface area contributed by atoms with Gasteiger partial charge in [-0.3, -0.25) is 24.8 Å². The average Bonchev–Trinajstić information content (AvgIpc) is 3.12. The zero-order valence-electron chi connectivity index (χ0n) is 29.4. The zero-order chi connectivity index (χ0) is 38.3. The highest BCUT2D eigenvalue weighted by Crippen LogP contribution is 2.36. The van der Waals surface area contributed by atoms with Crippen LogP contribution in [-0.4, -0.2) is 44.8 Å². The number of benzene rings is 3. The summed E-state index contributed by atoms with van der Waals surface area (Å²) in [6.07, 6.45) is -0.259. The molecule has 2 aliphatic heterocycles. The molecular weight excluding hydrogens is 710 g/mol. The topological polar surface area (TPSA) is 100 Å². The Hall–Kier alpha value is -5.37. The quantitative estimate of drug-likeness (QED) is 0.115. The van der Waals surface area contributed by atoms with Crippen LogP contribution in [0.3, 0.4) is 0 Å². The van der Waals surface area contributed by atoms with Gasteiger partial charge in [-0.25, -0.2) is 36.3 Å². The van der Waals surface area contributed by atoms with Crippen molar-refractivity contribution in [1.82, 2.24) is 25.2 Å². The third-order valence-corrected chi connectivity index (χ3v) is 10.3. The van der Waals surface area contributed by atoms with Crippen LogP contribution in [0.2, 0.25) is 0 Å². The first kappa shape index (κ1) is 37.0. The Morgan fingerprint density at radius 1 is 0.907 bits per heavy atom. The van der Waals surface area contributed by atoms with Crippen LogP contribution < -0.4 is 10.6 Å². The molecule has 2 unspecified atom stereocenters. The number of aryl methyl sites for hydroxylation is 1. The van der Waals surface area contributed by atoms with Crippen LogP contribution in [0.25, 0.3) is 22.2 Å². The number of nitrogens with one attached hydrogen (secondary N) is 2. The minimum atomic E-state index is -2.97. The molecule has 2 N–H and O–H groups in total. The van der Waals surface area contributed by atoms with Gasteiger partial charge in [-0.05, 0) is 94.1 Å². The van der Waals surface area contributed by atoms with E-state index in [0.29, 0.717) is 65.3 Å². The van der Waals surface area contributed by atoms with Gasteiger partial charge in [0.2, 0.25) is 11.8 Å². The number of carbonyl (C=O) groups excluding carboxylic acids is 2. The van der Waals surface area contributed by atoms with Crippen LogP contribution in [0, 0.1) is 30.2 Å². The monoisotopic (exact) mass is 746 g/mol. The van der Waals surface area contributed by atoms with Gasteiger partial charge in [-0.1, -0.05) is 18.2 Å². The Morgan fingerprint density at radius 3 is 2.33 bits per heavy atom. The first-order chi connectivity index (χ1) is 25.9. The highest BCUT2D eigenvalue weighted by molar-refractivity contribution is 6.01. The maximum Gasteiger partial charge on any atom is 0.266 e. The minimum absolute atomic E-state index is 0.0320. The van der Waals surface area contributed by atoms with Crippen molar-refractivity contribution in [2.45, 2.75) is 70.4 Å². The van der Waals surface area contributed by atoms with Gasteiger partial charge < -0.3 is 5.32 Å². The van der Waals surface area contributed by atoms with Gasteiger partial charge >= 0.3 is 0 Å². The van der Waals surface area contributed by atoms with E-state index in [1.54, 1.807) is 38.2 Å². The normalized spacial score (nSPS) is 17.6. The zero-order valence-corrected chi connectivity index (χ0v) is 29.4. The van der Waals surface area contributed by atoms with E-state index in [0.717, 1.165) is 6.07 Å². The number of anilines is 1. The van der Waals surface area contributed by atoms with Crippen molar-refractivity contribution in [3.63, 3.8) is 0 Å². The van der Waals surface area contributed by atoms with E-state index in [1.165, 1.54) is 30.3 Å². The van der Waals surface area contributed by atoms with E-state index >= 15 is 13.2 Å². The molecule has 0 bridgehead atoms. The molecule has 7 rings (SSSR count). The fraction of sp³-hybridized carbons (Fsp3) is 0.325. The number of pyridine rings is 1. The fourth-order valence-corrected chi connectivity index (χ4v) is 7.45. The summed E-state index contributed by atoms with van der Waals surface area (Å²) in [6.45, 7) is 4.49. The second-order valence-corrected chi connectivity index (χ2v) is 13.9. The highest BCUT2D eigenvalue weighted by atomic mass is 19.3. The van der Waals surface area contributed by atoms with Crippen molar-refractivity contribution in [2.24, 2.45) is 0 Å². The van der Waals surface area contributed by atoms with Gasteiger partial charge in [0.25, 0.3) is 6.43 Å². The van der Waals surface area contributed by atoms with Crippen molar-refractivity contribution >= 4 is 28.5 Å². The lowest BCUT2D eigenvalue weighted by molar-refractivity contribution is -0.134. The summed E-state index contributed by atoms with van der Waals surface area (Å²) in [5.41, 5.74) is 1.53. The number of hydrogen-bond donors (Lipinski definition) is 2. The van der Waals surface area contributed by atoms with Gasteiger partial charge in [-0.15, -0.1) is 0 Å². The van der Waals surface area contributed by atoms with Crippen LogP contribution >= 0.6 is 0 Å². The van der Waals surface area contributed by atoms with Gasteiger partial charge in [0.1, 0.15) is 34.9 Å². The molecule has 2 amide bonds. The SMILES string of the molecule is Cc1nc(NC(C)c2cccc(C(F)F)c2F)c2cc(-c3ccc(F)c(CN4CCC(c5c(F)cc(C6CCC(=O)NC6=O)cc5F)CC4)c3)ncc2n1. The maximum atomic E-state index is 15.3. The number of aromatic nitrogens is 3. The Morgan fingerprint density at radius 2 is 1.63 bits per heavy atom. The summed E-state index contributed by atoms with van der Waals surface area (Å²) in [6, 6.07) is 11.9. The summed E-state index contributed by atoms with van der Waals surface area (Å²) < 4.78 is 87.6. The van der Waals surface area contributed by atoms with Gasteiger partial charge in [0.15, 0.2) is 0 Å². The molecule has 0 saturated carbocycles. The molecule has 3 aromatic carbocycles. The number of alkyl halides is 2. The number of hydrogen-bond acceptors (Lipinski definition) is 7. The predicted octanol–water partition coefficient (Wildman–Crippen LogP) is 8.57.